The number of amides is 1. The third kappa shape index (κ3) is 3.37. The van der Waals surface area contributed by atoms with Crippen molar-refractivity contribution in [2.75, 3.05) is 11.1 Å². The average Bonchev–Trinajstić information content (AvgIpc) is 2.97. The van der Waals surface area contributed by atoms with E-state index in [0.29, 0.717) is 22.0 Å². The summed E-state index contributed by atoms with van der Waals surface area (Å²) in [5.74, 6) is 0.471. The van der Waals surface area contributed by atoms with Crippen molar-refractivity contribution in [1.82, 2.24) is 0 Å². The van der Waals surface area contributed by atoms with Crippen LogP contribution < -0.4 is 15.8 Å². The van der Waals surface area contributed by atoms with Gasteiger partial charge in [0.05, 0.1) is 5.56 Å². The fraction of sp³-hybridized carbons (Fsp3) is 0. The van der Waals surface area contributed by atoms with E-state index >= 15 is 0 Å². The van der Waals surface area contributed by atoms with Gasteiger partial charge in [-0.25, -0.2) is 4.79 Å². The number of nitrogens with zero attached hydrogens (tertiary/aromatic N) is 1. The highest BCUT2D eigenvalue weighted by Gasteiger charge is 2.11. The second kappa shape index (κ2) is 6.86. The molecule has 2 aromatic carbocycles. The van der Waals surface area contributed by atoms with Crippen LogP contribution in [-0.4, -0.2) is 6.09 Å². The molecule has 0 fully saturated rings. The van der Waals surface area contributed by atoms with Gasteiger partial charge in [-0.05, 0) is 29.8 Å². The van der Waals surface area contributed by atoms with Crippen LogP contribution in [0.4, 0.5) is 15.5 Å². The number of anilines is 2. The van der Waals surface area contributed by atoms with Crippen LogP contribution in [0.2, 0.25) is 0 Å². The van der Waals surface area contributed by atoms with Gasteiger partial charge in [-0.15, -0.1) is 11.3 Å². The summed E-state index contributed by atoms with van der Waals surface area (Å²) >= 11 is 1.33. The maximum Gasteiger partial charge on any atom is 0.417 e. The number of nitriles is 1. The van der Waals surface area contributed by atoms with Gasteiger partial charge in [0, 0.05) is 16.6 Å². The number of nitrogens with two attached hydrogens (primary N) is 1. The van der Waals surface area contributed by atoms with Gasteiger partial charge < -0.3 is 10.5 Å². The summed E-state index contributed by atoms with van der Waals surface area (Å²) in [4.78, 5) is 11.8. The molecular formula is C18H13N3O2S. The lowest BCUT2D eigenvalue weighted by Crippen LogP contribution is -2.16. The molecule has 0 atom stereocenters. The largest absolute Gasteiger partial charge is 0.417 e. The molecule has 1 amide bonds. The molecule has 3 N–H and O–H groups in total. The van der Waals surface area contributed by atoms with Gasteiger partial charge in [0.15, 0.2) is 0 Å². The maximum absolute atomic E-state index is 11.8. The number of hydrogen-bond donors (Lipinski definition) is 2. The molecule has 0 aliphatic rings. The number of rotatable bonds is 3. The number of benzene rings is 2. The van der Waals surface area contributed by atoms with Crippen LogP contribution in [0.3, 0.4) is 0 Å². The van der Waals surface area contributed by atoms with E-state index in [1.54, 1.807) is 36.4 Å². The molecule has 0 saturated carbocycles. The van der Waals surface area contributed by atoms with Crippen LogP contribution in [0.25, 0.3) is 11.1 Å². The summed E-state index contributed by atoms with van der Waals surface area (Å²) in [5, 5.41) is 14.2. The predicted octanol–water partition coefficient (Wildman–Crippen LogP) is 4.48. The first kappa shape index (κ1) is 15.6. The quantitative estimate of drug-likeness (QED) is 0.738. The second-order valence-electron chi connectivity index (χ2n) is 4.91. The molecule has 0 saturated heterocycles. The van der Waals surface area contributed by atoms with Gasteiger partial charge >= 0.3 is 6.09 Å². The number of nitrogen functional groups attached to an aromatic ring is 1. The van der Waals surface area contributed by atoms with Crippen LogP contribution in [-0.2, 0) is 0 Å². The molecule has 0 aliphatic carbocycles. The van der Waals surface area contributed by atoms with Crippen LogP contribution in [0.15, 0.2) is 60.0 Å². The Morgan fingerprint density at radius 1 is 1.12 bits per heavy atom. The molecule has 118 valence electrons. The Morgan fingerprint density at radius 2 is 1.83 bits per heavy atom. The molecule has 0 aliphatic heterocycles. The first-order valence-electron chi connectivity index (χ1n) is 7.09. The molecule has 0 radical (unpaired) electrons. The smallest absolute Gasteiger partial charge is 0.410 e. The zero-order valence-corrected chi connectivity index (χ0v) is 13.3. The Hall–Kier alpha value is -3.30. The van der Waals surface area contributed by atoms with Crippen molar-refractivity contribution in [3.63, 3.8) is 0 Å². The van der Waals surface area contributed by atoms with Crippen molar-refractivity contribution in [2.45, 2.75) is 0 Å². The highest BCUT2D eigenvalue weighted by atomic mass is 32.1. The molecule has 0 unspecified atom stereocenters. The molecule has 3 rings (SSSR count). The minimum atomic E-state index is -0.563. The Kier molecular flexibility index (Phi) is 4.45. The van der Waals surface area contributed by atoms with Gasteiger partial charge in [-0.3, -0.25) is 5.32 Å². The number of hydrogen-bond acceptors (Lipinski definition) is 5. The second-order valence-corrected chi connectivity index (χ2v) is 5.82. The zero-order chi connectivity index (χ0) is 16.9. The molecule has 3 aromatic rings. The lowest BCUT2D eigenvalue weighted by molar-refractivity contribution is 0.215. The van der Waals surface area contributed by atoms with Gasteiger partial charge in [0.1, 0.15) is 16.8 Å². The van der Waals surface area contributed by atoms with Crippen molar-refractivity contribution >= 4 is 28.1 Å². The minimum absolute atomic E-state index is 0.471. The lowest BCUT2D eigenvalue weighted by atomic mass is 10.0. The molecule has 24 heavy (non-hydrogen) atoms. The highest BCUT2D eigenvalue weighted by molar-refractivity contribution is 7.14. The van der Waals surface area contributed by atoms with E-state index in [9.17, 15) is 4.79 Å². The number of ether oxygens (including phenoxy) is 1. The van der Waals surface area contributed by atoms with Crippen LogP contribution in [0.1, 0.15) is 5.56 Å². The molecule has 5 nitrogen and oxygen atoms in total. The van der Waals surface area contributed by atoms with Crippen molar-refractivity contribution in [3.8, 4) is 22.9 Å². The SMILES string of the molecule is N#Cc1c(-c2ccc(NC(=O)Oc3ccccc3)cc2)csc1N. The molecular weight excluding hydrogens is 322 g/mol. The Bertz CT molecular complexity index is 896. The van der Waals surface area contributed by atoms with E-state index in [2.05, 4.69) is 11.4 Å². The van der Waals surface area contributed by atoms with Crippen molar-refractivity contribution in [1.29, 1.82) is 5.26 Å². The predicted molar refractivity (Wildman–Crippen MR) is 95.0 cm³/mol. The summed E-state index contributed by atoms with van der Waals surface area (Å²) in [6, 6.07) is 18.1. The van der Waals surface area contributed by atoms with Crippen LogP contribution in [0.5, 0.6) is 5.75 Å². The first-order valence-corrected chi connectivity index (χ1v) is 7.96. The van der Waals surface area contributed by atoms with Crippen molar-refractivity contribution < 1.29 is 9.53 Å². The Labute approximate surface area is 142 Å². The van der Waals surface area contributed by atoms with Gasteiger partial charge in [0.2, 0.25) is 0 Å². The molecule has 1 aromatic heterocycles. The average molecular weight is 335 g/mol. The third-order valence-corrected chi connectivity index (χ3v) is 4.14. The fourth-order valence-electron chi connectivity index (χ4n) is 2.17. The summed E-state index contributed by atoms with van der Waals surface area (Å²) in [6.45, 7) is 0. The maximum atomic E-state index is 11.8. The van der Waals surface area contributed by atoms with Crippen molar-refractivity contribution in [3.05, 3.63) is 65.5 Å². The summed E-state index contributed by atoms with van der Waals surface area (Å²) < 4.78 is 5.17. The van der Waals surface area contributed by atoms with Crippen LogP contribution in [0, 0.1) is 11.3 Å². The van der Waals surface area contributed by atoms with E-state index in [-0.39, 0.29) is 0 Å². The molecule has 0 spiro atoms. The van der Waals surface area contributed by atoms with Crippen LogP contribution >= 0.6 is 11.3 Å². The topological polar surface area (TPSA) is 88.1 Å². The van der Waals surface area contributed by atoms with E-state index < -0.39 is 6.09 Å². The fourth-order valence-corrected chi connectivity index (χ4v) is 2.94. The van der Waals surface area contributed by atoms with Crippen molar-refractivity contribution in [2.24, 2.45) is 0 Å². The van der Waals surface area contributed by atoms with Gasteiger partial charge in [-0.1, -0.05) is 30.3 Å². The monoisotopic (exact) mass is 335 g/mol. The molecule has 0 bridgehead atoms. The summed E-state index contributed by atoms with van der Waals surface area (Å²) in [6.07, 6.45) is -0.563. The number of carbonyl (C=O) groups is 1. The standard InChI is InChI=1S/C18H13N3O2S/c19-10-15-16(11-24-17(15)20)12-6-8-13(9-7-12)21-18(22)23-14-4-2-1-3-5-14/h1-9,11H,20H2,(H,21,22). The van der Waals surface area contributed by atoms with E-state index in [0.717, 1.165) is 11.1 Å². The highest BCUT2D eigenvalue weighted by Crippen LogP contribution is 2.33. The molecule has 1 heterocycles. The number of carbonyl (C=O) groups excluding carboxylic acids is 1. The number of nitrogens with one attached hydrogen (secondary N) is 1. The number of thiophene rings is 1. The van der Waals surface area contributed by atoms with E-state index in [4.69, 9.17) is 15.7 Å². The number of para-hydroxylation sites is 1. The third-order valence-electron chi connectivity index (χ3n) is 3.33. The summed E-state index contributed by atoms with van der Waals surface area (Å²) in [7, 11) is 0. The molecule has 6 heteroatoms. The zero-order valence-electron chi connectivity index (χ0n) is 12.5. The van der Waals surface area contributed by atoms with Gasteiger partial charge in [-0.2, -0.15) is 5.26 Å². The van der Waals surface area contributed by atoms with Gasteiger partial charge in [0.25, 0.3) is 0 Å². The van der Waals surface area contributed by atoms with E-state index in [1.165, 1.54) is 11.3 Å². The Balaban J connectivity index is 1.71. The normalized spacial score (nSPS) is 9.96. The summed E-state index contributed by atoms with van der Waals surface area (Å²) in [5.41, 5.74) is 8.51. The first-order chi connectivity index (χ1) is 11.7. The minimum Gasteiger partial charge on any atom is -0.410 e. The Morgan fingerprint density at radius 3 is 2.50 bits per heavy atom. The van der Waals surface area contributed by atoms with E-state index in [1.807, 2.05) is 23.6 Å². The lowest BCUT2D eigenvalue weighted by Gasteiger charge is -2.07.